The molecule has 0 unspecified atom stereocenters. The lowest BCUT2D eigenvalue weighted by Gasteiger charge is -2.11. The normalized spacial score (nSPS) is 10.6. The largest absolute Gasteiger partial charge is 0.493 e. The molecule has 0 spiro atoms. The number of hydrogen-bond acceptors (Lipinski definition) is 4. The van der Waals surface area contributed by atoms with E-state index in [2.05, 4.69) is 10.5 Å². The molecule has 0 radical (unpaired) electrons. The molecule has 0 saturated heterocycles. The lowest BCUT2D eigenvalue weighted by molar-refractivity contribution is 0.0955. The maximum absolute atomic E-state index is 12.1. The van der Waals surface area contributed by atoms with Crippen LogP contribution in [0.5, 0.6) is 11.5 Å². The van der Waals surface area contributed by atoms with Crippen LogP contribution in [0.1, 0.15) is 27.0 Å². The molecule has 0 aliphatic heterocycles. The molecular weight excluding hydrogens is 352 g/mol. The number of rotatable bonds is 7. The van der Waals surface area contributed by atoms with Crippen LogP contribution in [-0.4, -0.2) is 19.2 Å². The highest BCUT2D eigenvalue weighted by Gasteiger charge is 2.06. The van der Waals surface area contributed by atoms with Gasteiger partial charge in [0.1, 0.15) is 6.61 Å². The number of aryl methyl sites for hydroxylation is 1. The van der Waals surface area contributed by atoms with Crippen LogP contribution in [0.4, 0.5) is 0 Å². The number of nitrogens with zero attached hydrogens (tertiary/aromatic N) is 1. The minimum absolute atomic E-state index is 0.259. The standard InChI is InChI=1S/C23H22N2O3/c1-17-8-11-20(12-9-17)23(26)25-24-15-19-10-13-21(27-2)22(14-19)28-16-18-6-4-3-5-7-18/h3-15H,16H2,1-2H3,(H,25,26)/b24-15-. The average Bonchev–Trinajstić information content (AvgIpc) is 2.73. The Morgan fingerprint density at radius 1 is 1.00 bits per heavy atom. The van der Waals surface area contributed by atoms with Gasteiger partial charge in [-0.15, -0.1) is 0 Å². The van der Waals surface area contributed by atoms with E-state index in [1.54, 1.807) is 25.5 Å². The summed E-state index contributed by atoms with van der Waals surface area (Å²) >= 11 is 0. The summed E-state index contributed by atoms with van der Waals surface area (Å²) in [5, 5.41) is 4.03. The predicted octanol–water partition coefficient (Wildman–Crippen LogP) is 4.35. The second-order valence-electron chi connectivity index (χ2n) is 6.25. The first kappa shape index (κ1) is 19.2. The van der Waals surface area contributed by atoms with E-state index in [1.165, 1.54) is 0 Å². The molecule has 5 heteroatoms. The molecule has 3 aromatic rings. The Hall–Kier alpha value is -3.60. The van der Waals surface area contributed by atoms with Crippen molar-refractivity contribution in [2.45, 2.75) is 13.5 Å². The highest BCUT2D eigenvalue weighted by atomic mass is 16.5. The number of hydrazone groups is 1. The number of ether oxygens (including phenoxy) is 2. The second-order valence-corrected chi connectivity index (χ2v) is 6.25. The van der Waals surface area contributed by atoms with Crippen molar-refractivity contribution < 1.29 is 14.3 Å². The van der Waals surface area contributed by atoms with Gasteiger partial charge in [0.2, 0.25) is 0 Å². The Morgan fingerprint density at radius 2 is 1.75 bits per heavy atom. The fourth-order valence-electron chi connectivity index (χ4n) is 2.56. The molecule has 142 valence electrons. The van der Waals surface area contributed by atoms with Crippen molar-refractivity contribution in [2.75, 3.05) is 7.11 Å². The third-order valence-electron chi connectivity index (χ3n) is 4.12. The van der Waals surface area contributed by atoms with Crippen molar-refractivity contribution in [1.82, 2.24) is 5.43 Å². The summed E-state index contributed by atoms with van der Waals surface area (Å²) in [5.41, 5.74) is 6.04. The van der Waals surface area contributed by atoms with E-state index < -0.39 is 0 Å². The predicted molar refractivity (Wildman–Crippen MR) is 110 cm³/mol. The first-order chi connectivity index (χ1) is 13.7. The van der Waals surface area contributed by atoms with E-state index in [9.17, 15) is 4.79 Å². The number of nitrogens with one attached hydrogen (secondary N) is 1. The number of hydrogen-bond donors (Lipinski definition) is 1. The fourth-order valence-corrected chi connectivity index (χ4v) is 2.56. The lowest BCUT2D eigenvalue weighted by Crippen LogP contribution is -2.17. The van der Waals surface area contributed by atoms with Gasteiger partial charge in [0.05, 0.1) is 13.3 Å². The van der Waals surface area contributed by atoms with Gasteiger partial charge in [0.15, 0.2) is 11.5 Å². The Labute approximate surface area is 164 Å². The smallest absolute Gasteiger partial charge is 0.271 e. The van der Waals surface area contributed by atoms with Crippen molar-refractivity contribution in [3.05, 3.63) is 95.1 Å². The number of methoxy groups -OCH3 is 1. The third-order valence-corrected chi connectivity index (χ3v) is 4.12. The highest BCUT2D eigenvalue weighted by molar-refractivity contribution is 5.94. The van der Waals surface area contributed by atoms with Gasteiger partial charge in [-0.3, -0.25) is 4.79 Å². The van der Waals surface area contributed by atoms with E-state index in [0.29, 0.717) is 23.7 Å². The van der Waals surface area contributed by atoms with Gasteiger partial charge in [0, 0.05) is 5.56 Å². The van der Waals surface area contributed by atoms with Gasteiger partial charge < -0.3 is 9.47 Å². The molecule has 0 heterocycles. The van der Waals surface area contributed by atoms with Crippen LogP contribution in [0.25, 0.3) is 0 Å². The zero-order chi connectivity index (χ0) is 19.8. The zero-order valence-electron chi connectivity index (χ0n) is 15.9. The third kappa shape index (κ3) is 5.20. The van der Waals surface area contributed by atoms with E-state index in [-0.39, 0.29) is 5.91 Å². The summed E-state index contributed by atoms with van der Waals surface area (Å²) in [6.07, 6.45) is 1.57. The van der Waals surface area contributed by atoms with Crippen LogP contribution in [-0.2, 0) is 6.61 Å². The number of amides is 1. The van der Waals surface area contributed by atoms with Crippen molar-refractivity contribution in [3.8, 4) is 11.5 Å². The van der Waals surface area contributed by atoms with Crippen LogP contribution < -0.4 is 14.9 Å². The molecule has 0 aliphatic carbocycles. The Balaban J connectivity index is 1.65. The first-order valence-corrected chi connectivity index (χ1v) is 8.90. The molecule has 1 N–H and O–H groups in total. The van der Waals surface area contributed by atoms with Crippen molar-refractivity contribution in [3.63, 3.8) is 0 Å². The summed E-state index contributed by atoms with van der Waals surface area (Å²) in [4.78, 5) is 12.1. The molecule has 1 amide bonds. The van der Waals surface area contributed by atoms with Crippen molar-refractivity contribution >= 4 is 12.1 Å². The van der Waals surface area contributed by atoms with Crippen LogP contribution >= 0.6 is 0 Å². The molecule has 28 heavy (non-hydrogen) atoms. The number of benzene rings is 3. The van der Waals surface area contributed by atoms with Gasteiger partial charge in [-0.1, -0.05) is 48.0 Å². The first-order valence-electron chi connectivity index (χ1n) is 8.90. The maximum Gasteiger partial charge on any atom is 0.271 e. The van der Waals surface area contributed by atoms with E-state index in [0.717, 1.165) is 16.7 Å². The molecule has 3 aromatic carbocycles. The van der Waals surface area contributed by atoms with Crippen LogP contribution in [0.15, 0.2) is 77.9 Å². The highest BCUT2D eigenvalue weighted by Crippen LogP contribution is 2.28. The quantitative estimate of drug-likeness (QED) is 0.494. The molecule has 0 aromatic heterocycles. The molecule has 0 atom stereocenters. The van der Waals surface area contributed by atoms with E-state index in [4.69, 9.17) is 9.47 Å². The monoisotopic (exact) mass is 374 g/mol. The maximum atomic E-state index is 12.1. The van der Waals surface area contributed by atoms with E-state index >= 15 is 0 Å². The SMILES string of the molecule is COc1ccc(/C=N\NC(=O)c2ccc(C)cc2)cc1OCc1ccccc1. The van der Waals surface area contributed by atoms with Gasteiger partial charge >= 0.3 is 0 Å². The molecule has 0 aliphatic rings. The minimum atomic E-state index is -0.259. The summed E-state index contributed by atoms with van der Waals surface area (Å²) < 4.78 is 11.2. The summed E-state index contributed by atoms with van der Waals surface area (Å²) in [5.74, 6) is 0.988. The fraction of sp³-hybridized carbons (Fsp3) is 0.130. The van der Waals surface area contributed by atoms with Gasteiger partial charge in [-0.25, -0.2) is 5.43 Å². The van der Waals surface area contributed by atoms with Crippen LogP contribution in [0, 0.1) is 6.92 Å². The summed E-state index contributed by atoms with van der Waals surface area (Å²) in [7, 11) is 1.60. The summed E-state index contributed by atoms with van der Waals surface area (Å²) in [6.45, 7) is 2.41. The lowest BCUT2D eigenvalue weighted by atomic mass is 10.1. The van der Waals surface area contributed by atoms with E-state index in [1.807, 2.05) is 67.6 Å². The average molecular weight is 374 g/mol. The summed E-state index contributed by atoms with van der Waals surface area (Å²) in [6, 6.07) is 22.7. The van der Waals surface area contributed by atoms with Crippen molar-refractivity contribution in [1.29, 1.82) is 0 Å². The topological polar surface area (TPSA) is 59.9 Å². The molecular formula is C23H22N2O3. The van der Waals surface area contributed by atoms with Crippen LogP contribution in [0.3, 0.4) is 0 Å². The Kier molecular flexibility index (Phi) is 6.41. The van der Waals surface area contributed by atoms with Gasteiger partial charge in [0.25, 0.3) is 5.91 Å². The van der Waals surface area contributed by atoms with Crippen molar-refractivity contribution in [2.24, 2.45) is 5.10 Å². The van der Waals surface area contributed by atoms with Crippen LogP contribution in [0.2, 0.25) is 0 Å². The number of carbonyl (C=O) groups is 1. The Morgan fingerprint density at radius 3 is 2.46 bits per heavy atom. The second kappa shape index (κ2) is 9.37. The van der Waals surface area contributed by atoms with Gasteiger partial charge in [-0.05, 0) is 48.4 Å². The Bertz CT molecular complexity index is 951. The minimum Gasteiger partial charge on any atom is -0.493 e. The van der Waals surface area contributed by atoms with Gasteiger partial charge in [-0.2, -0.15) is 5.10 Å². The zero-order valence-corrected chi connectivity index (χ0v) is 15.9. The molecule has 0 saturated carbocycles. The molecule has 3 rings (SSSR count). The molecule has 0 bridgehead atoms. The molecule has 0 fully saturated rings. The number of carbonyl (C=O) groups excluding carboxylic acids is 1. The molecule has 5 nitrogen and oxygen atoms in total.